The number of aromatic nitrogens is 1. The summed E-state index contributed by atoms with van der Waals surface area (Å²) in [5.74, 6) is 0.831. The van der Waals surface area contributed by atoms with E-state index in [1.807, 2.05) is 26.0 Å². The lowest BCUT2D eigenvalue weighted by Crippen LogP contribution is -1.94. The number of hydrogen-bond acceptors (Lipinski definition) is 2. The molecule has 17 heavy (non-hydrogen) atoms. The van der Waals surface area contributed by atoms with Gasteiger partial charge in [-0.2, -0.15) is 0 Å². The van der Waals surface area contributed by atoms with Crippen LogP contribution in [0.5, 0.6) is 5.75 Å². The summed E-state index contributed by atoms with van der Waals surface area (Å²) in [6.07, 6.45) is 1.70. The number of methoxy groups -OCH3 is 1. The number of nitrogens with zero attached hydrogens (tertiary/aromatic N) is 1. The molecule has 2 aromatic rings. The van der Waals surface area contributed by atoms with E-state index in [2.05, 4.69) is 11.1 Å². The Morgan fingerprint density at radius 1 is 1.18 bits per heavy atom. The largest absolute Gasteiger partial charge is 0.496 e. The highest BCUT2D eigenvalue weighted by molar-refractivity contribution is 6.30. The molecule has 2 nitrogen and oxygen atoms in total. The van der Waals surface area contributed by atoms with Crippen molar-refractivity contribution >= 4 is 11.6 Å². The van der Waals surface area contributed by atoms with Crippen LogP contribution in [0.2, 0.25) is 5.02 Å². The van der Waals surface area contributed by atoms with E-state index in [-0.39, 0.29) is 0 Å². The fourth-order valence-corrected chi connectivity index (χ4v) is 2.12. The molecule has 0 bridgehead atoms. The summed E-state index contributed by atoms with van der Waals surface area (Å²) in [6, 6.07) is 7.73. The van der Waals surface area contributed by atoms with Crippen LogP contribution in [-0.2, 0) is 0 Å². The molecule has 0 unspecified atom stereocenters. The average molecular weight is 248 g/mol. The molecule has 0 radical (unpaired) electrons. The molecule has 0 fully saturated rings. The quantitative estimate of drug-likeness (QED) is 0.800. The van der Waals surface area contributed by atoms with Crippen LogP contribution in [0.4, 0.5) is 0 Å². The van der Waals surface area contributed by atoms with Gasteiger partial charge in [-0.1, -0.05) is 17.7 Å². The SMILES string of the molecule is COc1cc(C)cc(C)c1-c1cc(Cl)ccn1. The van der Waals surface area contributed by atoms with Gasteiger partial charge in [0.25, 0.3) is 0 Å². The molecule has 0 spiro atoms. The summed E-state index contributed by atoms with van der Waals surface area (Å²) in [5.41, 5.74) is 4.15. The van der Waals surface area contributed by atoms with Gasteiger partial charge < -0.3 is 4.74 Å². The summed E-state index contributed by atoms with van der Waals surface area (Å²) in [5, 5.41) is 0.678. The van der Waals surface area contributed by atoms with Gasteiger partial charge in [-0.15, -0.1) is 0 Å². The van der Waals surface area contributed by atoms with Crippen molar-refractivity contribution in [3.63, 3.8) is 0 Å². The Kier molecular flexibility index (Phi) is 3.34. The van der Waals surface area contributed by atoms with Crippen LogP contribution in [0, 0.1) is 13.8 Å². The second-order valence-electron chi connectivity index (χ2n) is 4.02. The highest BCUT2D eigenvalue weighted by atomic mass is 35.5. The van der Waals surface area contributed by atoms with Crippen molar-refractivity contribution in [2.24, 2.45) is 0 Å². The Bertz CT molecular complexity index is 552. The molecule has 0 amide bonds. The molecule has 0 saturated carbocycles. The van der Waals surface area contributed by atoms with E-state index in [4.69, 9.17) is 16.3 Å². The summed E-state index contributed by atoms with van der Waals surface area (Å²) in [4.78, 5) is 4.34. The molecule has 0 atom stereocenters. The second-order valence-corrected chi connectivity index (χ2v) is 4.45. The van der Waals surface area contributed by atoms with Crippen LogP contribution in [0.3, 0.4) is 0 Å². The molecule has 0 saturated heterocycles. The van der Waals surface area contributed by atoms with Crippen molar-refractivity contribution in [2.75, 3.05) is 7.11 Å². The molecule has 0 aliphatic carbocycles. The van der Waals surface area contributed by atoms with Gasteiger partial charge >= 0.3 is 0 Å². The van der Waals surface area contributed by atoms with E-state index < -0.39 is 0 Å². The van der Waals surface area contributed by atoms with Gasteiger partial charge in [0.05, 0.1) is 12.8 Å². The van der Waals surface area contributed by atoms with Crippen molar-refractivity contribution < 1.29 is 4.74 Å². The van der Waals surface area contributed by atoms with Gasteiger partial charge in [0.15, 0.2) is 0 Å². The average Bonchev–Trinajstić information content (AvgIpc) is 2.27. The number of aryl methyl sites for hydroxylation is 2. The van der Waals surface area contributed by atoms with E-state index in [0.717, 1.165) is 22.6 Å². The van der Waals surface area contributed by atoms with Gasteiger partial charge in [-0.05, 0) is 43.2 Å². The maximum atomic E-state index is 5.99. The van der Waals surface area contributed by atoms with E-state index in [1.165, 1.54) is 5.56 Å². The van der Waals surface area contributed by atoms with Crippen LogP contribution in [0.1, 0.15) is 11.1 Å². The zero-order chi connectivity index (χ0) is 12.4. The van der Waals surface area contributed by atoms with Gasteiger partial charge in [0.1, 0.15) is 5.75 Å². The van der Waals surface area contributed by atoms with E-state index in [9.17, 15) is 0 Å². The zero-order valence-corrected chi connectivity index (χ0v) is 10.9. The molecule has 1 aromatic carbocycles. The molecule has 88 valence electrons. The Balaban J connectivity index is 2.66. The lowest BCUT2D eigenvalue weighted by Gasteiger charge is -2.12. The number of ether oxygens (including phenoxy) is 1. The molecule has 1 heterocycles. The molecule has 3 heteroatoms. The molecular formula is C14H14ClNO. The Labute approximate surface area is 106 Å². The number of pyridine rings is 1. The maximum Gasteiger partial charge on any atom is 0.128 e. The molecule has 2 rings (SSSR count). The van der Waals surface area contributed by atoms with Gasteiger partial charge in [0.2, 0.25) is 0 Å². The minimum Gasteiger partial charge on any atom is -0.496 e. The van der Waals surface area contributed by atoms with E-state index in [0.29, 0.717) is 5.02 Å². The third-order valence-electron chi connectivity index (χ3n) is 2.64. The van der Waals surface area contributed by atoms with E-state index >= 15 is 0 Å². The smallest absolute Gasteiger partial charge is 0.128 e. The first-order valence-corrected chi connectivity index (χ1v) is 5.77. The predicted molar refractivity (Wildman–Crippen MR) is 70.7 cm³/mol. The first kappa shape index (κ1) is 11.9. The Morgan fingerprint density at radius 3 is 2.59 bits per heavy atom. The lowest BCUT2D eigenvalue weighted by atomic mass is 10.0. The Morgan fingerprint density at radius 2 is 1.94 bits per heavy atom. The molecular weight excluding hydrogens is 234 g/mol. The molecule has 1 aromatic heterocycles. The van der Waals surface area contributed by atoms with Crippen molar-refractivity contribution in [3.05, 3.63) is 46.6 Å². The number of halogens is 1. The first-order valence-electron chi connectivity index (χ1n) is 5.39. The monoisotopic (exact) mass is 247 g/mol. The number of rotatable bonds is 2. The molecule has 0 aliphatic rings. The standard InChI is InChI=1S/C14H14ClNO/c1-9-6-10(2)14(13(7-9)17-3)12-8-11(15)4-5-16-12/h4-8H,1-3H3. The van der Waals surface area contributed by atoms with Crippen LogP contribution in [-0.4, -0.2) is 12.1 Å². The summed E-state index contributed by atoms with van der Waals surface area (Å²) in [6.45, 7) is 4.10. The first-order chi connectivity index (χ1) is 8.11. The van der Waals surface area contributed by atoms with Crippen molar-refractivity contribution in [1.82, 2.24) is 4.98 Å². The van der Waals surface area contributed by atoms with Crippen molar-refractivity contribution in [3.8, 4) is 17.0 Å². The van der Waals surface area contributed by atoms with E-state index in [1.54, 1.807) is 19.4 Å². The van der Waals surface area contributed by atoms with Crippen LogP contribution >= 0.6 is 11.6 Å². The third kappa shape index (κ3) is 2.42. The third-order valence-corrected chi connectivity index (χ3v) is 2.88. The maximum absolute atomic E-state index is 5.99. The summed E-state index contributed by atoms with van der Waals surface area (Å²) < 4.78 is 5.42. The number of benzene rings is 1. The van der Waals surface area contributed by atoms with Crippen LogP contribution in [0.25, 0.3) is 11.3 Å². The van der Waals surface area contributed by atoms with Gasteiger partial charge in [-0.3, -0.25) is 4.98 Å². The molecule has 0 N–H and O–H groups in total. The highest BCUT2D eigenvalue weighted by Crippen LogP contribution is 2.33. The second kappa shape index (κ2) is 4.76. The highest BCUT2D eigenvalue weighted by Gasteiger charge is 2.11. The summed E-state index contributed by atoms with van der Waals surface area (Å²) in [7, 11) is 1.67. The van der Waals surface area contributed by atoms with Crippen molar-refractivity contribution in [1.29, 1.82) is 0 Å². The predicted octanol–water partition coefficient (Wildman–Crippen LogP) is 4.03. The zero-order valence-electron chi connectivity index (χ0n) is 10.1. The Hall–Kier alpha value is -1.54. The topological polar surface area (TPSA) is 22.1 Å². The van der Waals surface area contributed by atoms with Crippen LogP contribution in [0.15, 0.2) is 30.5 Å². The van der Waals surface area contributed by atoms with Crippen LogP contribution < -0.4 is 4.74 Å². The number of hydrogen-bond donors (Lipinski definition) is 0. The molecule has 0 aliphatic heterocycles. The summed E-state index contributed by atoms with van der Waals surface area (Å²) >= 11 is 5.99. The fraction of sp³-hybridized carbons (Fsp3) is 0.214. The lowest BCUT2D eigenvalue weighted by molar-refractivity contribution is 0.415. The minimum absolute atomic E-state index is 0.678. The van der Waals surface area contributed by atoms with Gasteiger partial charge in [0, 0.05) is 16.8 Å². The fourth-order valence-electron chi connectivity index (χ4n) is 1.96. The van der Waals surface area contributed by atoms with Crippen molar-refractivity contribution in [2.45, 2.75) is 13.8 Å². The normalized spacial score (nSPS) is 10.4. The van der Waals surface area contributed by atoms with Gasteiger partial charge in [-0.25, -0.2) is 0 Å². The minimum atomic E-state index is 0.678.